The largest absolute Gasteiger partial charge is 0.497 e. The van der Waals surface area contributed by atoms with Gasteiger partial charge in [-0.25, -0.2) is 0 Å². The summed E-state index contributed by atoms with van der Waals surface area (Å²) in [5.74, 6) is 0.719. The van der Waals surface area contributed by atoms with Crippen LogP contribution in [0.3, 0.4) is 0 Å². The fourth-order valence-electron chi connectivity index (χ4n) is 1.46. The monoisotopic (exact) mass is 268 g/mol. The molecule has 6 heteroatoms. The van der Waals surface area contributed by atoms with Crippen molar-refractivity contribution in [3.05, 3.63) is 47.3 Å². The Labute approximate surface area is 107 Å². The van der Waals surface area contributed by atoms with Crippen molar-refractivity contribution in [1.29, 1.82) is 0 Å². The van der Waals surface area contributed by atoms with Gasteiger partial charge in [0.05, 0.1) is 12.8 Å². The predicted octanol–water partition coefficient (Wildman–Crippen LogP) is 3.61. The third-order valence-corrected chi connectivity index (χ3v) is 2.47. The minimum atomic E-state index is -4.40. The number of aromatic nitrogens is 2. The Morgan fingerprint density at radius 2 is 1.84 bits per heavy atom. The Hall–Kier alpha value is -2.24. The lowest BCUT2D eigenvalue weighted by atomic mass is 10.2. The van der Waals surface area contributed by atoms with E-state index in [4.69, 9.17) is 4.74 Å². The highest BCUT2D eigenvalue weighted by molar-refractivity contribution is 5.68. The van der Waals surface area contributed by atoms with Gasteiger partial charge in [0.2, 0.25) is 0 Å². The van der Waals surface area contributed by atoms with Gasteiger partial charge in [0.15, 0.2) is 0 Å². The zero-order valence-electron chi connectivity index (χ0n) is 10.0. The average Bonchev–Trinajstić information content (AvgIpc) is 2.86. The van der Waals surface area contributed by atoms with Crippen LogP contribution in [0.1, 0.15) is 17.0 Å². The van der Waals surface area contributed by atoms with Crippen LogP contribution in [0, 0.1) is 0 Å². The summed E-state index contributed by atoms with van der Waals surface area (Å²) >= 11 is 0. The van der Waals surface area contributed by atoms with Gasteiger partial charge in [0.1, 0.15) is 11.4 Å². The first-order chi connectivity index (χ1) is 8.99. The molecule has 1 aromatic carbocycles. The zero-order chi connectivity index (χ0) is 13.9. The van der Waals surface area contributed by atoms with Crippen molar-refractivity contribution < 1.29 is 17.9 Å². The van der Waals surface area contributed by atoms with Gasteiger partial charge in [-0.15, -0.1) is 0 Å². The summed E-state index contributed by atoms with van der Waals surface area (Å²) in [7, 11) is 1.56. The minimum Gasteiger partial charge on any atom is -0.497 e. The lowest BCUT2D eigenvalue weighted by Crippen LogP contribution is -2.04. The number of nitrogens with one attached hydrogen (secondary N) is 1. The van der Waals surface area contributed by atoms with Crippen molar-refractivity contribution in [1.82, 2.24) is 10.2 Å². The highest BCUT2D eigenvalue weighted by Gasteiger charge is 2.32. The third kappa shape index (κ3) is 3.37. The Bertz CT molecular complexity index is 570. The summed E-state index contributed by atoms with van der Waals surface area (Å²) in [5, 5.41) is 5.53. The lowest BCUT2D eigenvalue weighted by molar-refractivity contribution is -0.141. The van der Waals surface area contributed by atoms with Crippen LogP contribution in [0.25, 0.3) is 12.2 Å². The second-order valence-corrected chi connectivity index (χ2v) is 3.81. The SMILES string of the molecule is COc1ccc(C=Cc2cc(C(F)(F)F)[nH]n2)cc1. The molecule has 0 spiro atoms. The average molecular weight is 268 g/mol. The molecular formula is C13H11F3N2O. The van der Waals surface area contributed by atoms with E-state index in [1.165, 1.54) is 6.08 Å². The van der Waals surface area contributed by atoms with Gasteiger partial charge < -0.3 is 4.74 Å². The number of H-pyrrole nitrogens is 1. The Morgan fingerprint density at radius 1 is 1.16 bits per heavy atom. The molecule has 2 aromatic rings. The van der Waals surface area contributed by atoms with E-state index >= 15 is 0 Å². The van der Waals surface area contributed by atoms with E-state index < -0.39 is 11.9 Å². The van der Waals surface area contributed by atoms with Crippen LogP contribution in [0.4, 0.5) is 13.2 Å². The summed E-state index contributed by atoms with van der Waals surface area (Å²) in [6.45, 7) is 0. The molecule has 2 rings (SSSR count). The summed E-state index contributed by atoms with van der Waals surface area (Å²) < 4.78 is 42.0. The van der Waals surface area contributed by atoms with E-state index in [0.29, 0.717) is 0 Å². The fourth-order valence-corrected chi connectivity index (χ4v) is 1.46. The highest BCUT2D eigenvalue weighted by atomic mass is 19.4. The highest BCUT2D eigenvalue weighted by Crippen LogP contribution is 2.28. The maximum Gasteiger partial charge on any atom is 0.432 e. The summed E-state index contributed by atoms with van der Waals surface area (Å²) in [5.41, 5.74) is 0.211. The van der Waals surface area contributed by atoms with Gasteiger partial charge in [-0.05, 0) is 29.8 Å². The number of halogens is 3. The Balaban J connectivity index is 2.11. The van der Waals surface area contributed by atoms with Gasteiger partial charge in [-0.1, -0.05) is 18.2 Å². The summed E-state index contributed by atoms with van der Waals surface area (Å²) in [6.07, 6.45) is -1.22. The van der Waals surface area contributed by atoms with E-state index in [0.717, 1.165) is 17.4 Å². The van der Waals surface area contributed by atoms with Crippen molar-refractivity contribution in [2.24, 2.45) is 0 Å². The molecule has 100 valence electrons. The first-order valence-corrected chi connectivity index (χ1v) is 5.44. The van der Waals surface area contributed by atoms with Gasteiger partial charge in [0.25, 0.3) is 0 Å². The molecule has 0 saturated heterocycles. The number of benzene rings is 1. The number of alkyl halides is 3. The van der Waals surface area contributed by atoms with Crippen LogP contribution < -0.4 is 4.74 Å². The maximum absolute atomic E-state index is 12.3. The van der Waals surface area contributed by atoms with Gasteiger partial charge in [0, 0.05) is 0 Å². The van der Waals surface area contributed by atoms with Gasteiger partial charge >= 0.3 is 6.18 Å². The summed E-state index contributed by atoms with van der Waals surface area (Å²) in [4.78, 5) is 0. The van der Waals surface area contributed by atoms with E-state index in [2.05, 4.69) is 5.10 Å². The van der Waals surface area contributed by atoms with Crippen molar-refractivity contribution in [3.8, 4) is 5.75 Å². The van der Waals surface area contributed by atoms with Gasteiger partial charge in [-0.2, -0.15) is 18.3 Å². The molecule has 0 amide bonds. The number of aromatic amines is 1. The van der Waals surface area contributed by atoms with Crippen LogP contribution in [-0.2, 0) is 6.18 Å². The third-order valence-electron chi connectivity index (χ3n) is 2.47. The molecule has 0 atom stereocenters. The second kappa shape index (κ2) is 5.17. The van der Waals surface area contributed by atoms with Crippen LogP contribution >= 0.6 is 0 Å². The Kier molecular flexibility index (Phi) is 3.59. The van der Waals surface area contributed by atoms with Crippen molar-refractivity contribution in [2.45, 2.75) is 6.18 Å². The van der Waals surface area contributed by atoms with E-state index in [1.807, 2.05) is 5.10 Å². The van der Waals surface area contributed by atoms with Crippen molar-refractivity contribution in [3.63, 3.8) is 0 Å². The molecular weight excluding hydrogens is 257 g/mol. The second-order valence-electron chi connectivity index (χ2n) is 3.81. The topological polar surface area (TPSA) is 37.9 Å². The number of nitrogens with zero attached hydrogens (tertiary/aromatic N) is 1. The first-order valence-electron chi connectivity index (χ1n) is 5.44. The molecule has 1 aromatic heterocycles. The molecule has 0 radical (unpaired) electrons. The molecule has 19 heavy (non-hydrogen) atoms. The van der Waals surface area contributed by atoms with Crippen LogP contribution in [-0.4, -0.2) is 17.3 Å². The lowest BCUT2D eigenvalue weighted by Gasteiger charge is -1.99. The molecule has 0 aliphatic rings. The number of hydrogen-bond donors (Lipinski definition) is 1. The zero-order valence-corrected chi connectivity index (χ0v) is 10.0. The quantitative estimate of drug-likeness (QED) is 0.923. The molecule has 0 aliphatic heterocycles. The van der Waals surface area contributed by atoms with Crippen LogP contribution in [0.15, 0.2) is 30.3 Å². The minimum absolute atomic E-state index is 0.225. The van der Waals surface area contributed by atoms with E-state index in [1.54, 1.807) is 37.5 Å². The molecule has 0 saturated carbocycles. The Morgan fingerprint density at radius 3 is 2.37 bits per heavy atom. The molecule has 0 unspecified atom stereocenters. The van der Waals surface area contributed by atoms with Crippen molar-refractivity contribution in [2.75, 3.05) is 7.11 Å². The standard InChI is InChI=1S/C13H11F3N2O/c1-19-11-6-3-9(4-7-11)2-5-10-8-12(18-17-10)13(14,15)16/h2-8H,1H3,(H,17,18). The fraction of sp³-hybridized carbons (Fsp3) is 0.154. The number of ether oxygens (including phenoxy) is 1. The maximum atomic E-state index is 12.3. The molecule has 0 fully saturated rings. The van der Waals surface area contributed by atoms with E-state index in [9.17, 15) is 13.2 Å². The summed E-state index contributed by atoms with van der Waals surface area (Å²) in [6, 6.07) is 8.09. The number of rotatable bonds is 3. The molecule has 1 N–H and O–H groups in total. The molecule has 0 aliphatic carbocycles. The smallest absolute Gasteiger partial charge is 0.432 e. The van der Waals surface area contributed by atoms with E-state index in [-0.39, 0.29) is 5.69 Å². The van der Waals surface area contributed by atoms with Crippen LogP contribution in [0.5, 0.6) is 5.75 Å². The number of methoxy groups -OCH3 is 1. The molecule has 1 heterocycles. The predicted molar refractivity (Wildman–Crippen MR) is 65.5 cm³/mol. The first kappa shape index (κ1) is 13.2. The molecule has 3 nitrogen and oxygen atoms in total. The van der Waals surface area contributed by atoms with Crippen LogP contribution in [0.2, 0.25) is 0 Å². The van der Waals surface area contributed by atoms with Gasteiger partial charge in [-0.3, -0.25) is 5.10 Å². The number of hydrogen-bond acceptors (Lipinski definition) is 2. The normalized spacial score (nSPS) is 12.0. The van der Waals surface area contributed by atoms with Crippen molar-refractivity contribution >= 4 is 12.2 Å². The molecule has 0 bridgehead atoms.